The molecule has 1 amide bonds. The fraction of sp³-hybridized carbons (Fsp3) is 0.467. The zero-order valence-electron chi connectivity index (χ0n) is 12.3. The van der Waals surface area contributed by atoms with E-state index in [1.54, 1.807) is 18.1 Å². The van der Waals surface area contributed by atoms with Gasteiger partial charge in [0.2, 0.25) is 0 Å². The second kappa shape index (κ2) is 7.71. The highest BCUT2D eigenvalue weighted by atomic mass is 79.9. The number of aromatic carboxylic acids is 1. The molecule has 0 unspecified atom stereocenters. The van der Waals surface area contributed by atoms with Crippen LogP contribution in [0.25, 0.3) is 0 Å². The third-order valence-electron chi connectivity index (χ3n) is 3.37. The lowest BCUT2D eigenvalue weighted by molar-refractivity contribution is -0.0464. The van der Waals surface area contributed by atoms with Gasteiger partial charge in [-0.2, -0.15) is 0 Å². The van der Waals surface area contributed by atoms with Crippen molar-refractivity contribution < 1.29 is 24.2 Å². The summed E-state index contributed by atoms with van der Waals surface area (Å²) in [6.07, 6.45) is 0.876. The van der Waals surface area contributed by atoms with E-state index in [9.17, 15) is 9.59 Å². The van der Waals surface area contributed by atoms with E-state index in [0.29, 0.717) is 36.3 Å². The molecule has 1 N–H and O–H groups in total. The van der Waals surface area contributed by atoms with Crippen LogP contribution in [0.1, 0.15) is 27.1 Å². The molecule has 1 aromatic rings. The highest BCUT2D eigenvalue weighted by molar-refractivity contribution is 9.10. The highest BCUT2D eigenvalue weighted by Crippen LogP contribution is 2.21. The second-order valence-electron chi connectivity index (χ2n) is 5.08. The van der Waals surface area contributed by atoms with Gasteiger partial charge in [0, 0.05) is 43.4 Å². The van der Waals surface area contributed by atoms with Crippen LogP contribution in [-0.2, 0) is 9.47 Å². The quantitative estimate of drug-likeness (QED) is 0.742. The van der Waals surface area contributed by atoms with Gasteiger partial charge in [-0.05, 0) is 24.6 Å². The second-order valence-corrected chi connectivity index (χ2v) is 6.00. The minimum atomic E-state index is -1.06. The maximum atomic E-state index is 12.3. The van der Waals surface area contributed by atoms with Crippen LogP contribution in [-0.4, -0.2) is 61.4 Å². The molecule has 0 spiro atoms. The third kappa shape index (κ3) is 4.28. The fourth-order valence-electron chi connectivity index (χ4n) is 2.18. The van der Waals surface area contributed by atoms with E-state index in [1.165, 1.54) is 12.1 Å². The topological polar surface area (TPSA) is 76.1 Å². The number of carbonyl (C=O) groups excluding carboxylic acids is 1. The molecule has 1 aromatic carbocycles. The molecule has 1 aliphatic heterocycles. The number of hydrogen-bond donors (Lipinski definition) is 1. The number of carboxylic acids is 1. The van der Waals surface area contributed by atoms with E-state index in [0.717, 1.165) is 6.42 Å². The molecule has 0 radical (unpaired) electrons. The van der Waals surface area contributed by atoms with E-state index in [2.05, 4.69) is 15.9 Å². The third-order valence-corrected chi connectivity index (χ3v) is 3.83. The van der Waals surface area contributed by atoms with Crippen LogP contribution in [0.4, 0.5) is 0 Å². The maximum absolute atomic E-state index is 12.3. The lowest BCUT2D eigenvalue weighted by Gasteiger charge is -2.39. The van der Waals surface area contributed by atoms with Gasteiger partial charge in [0.1, 0.15) is 0 Å². The number of methoxy groups -OCH3 is 1. The predicted octanol–water partition coefficient (Wildman–Crippen LogP) is 2.02. The van der Waals surface area contributed by atoms with Crippen molar-refractivity contribution in [2.45, 2.75) is 12.5 Å². The van der Waals surface area contributed by atoms with Crippen molar-refractivity contribution in [3.8, 4) is 0 Å². The molecule has 0 aliphatic carbocycles. The summed E-state index contributed by atoms with van der Waals surface area (Å²) in [6, 6.07) is 4.49. The summed E-state index contributed by atoms with van der Waals surface area (Å²) in [6.45, 7) is 2.33. The average Bonchev–Trinajstić information content (AvgIpc) is 2.44. The number of halogens is 1. The molecule has 22 heavy (non-hydrogen) atoms. The number of carboxylic acid groups (broad SMARTS) is 1. The number of hydrogen-bond acceptors (Lipinski definition) is 4. The number of nitrogens with zero attached hydrogens (tertiary/aromatic N) is 1. The van der Waals surface area contributed by atoms with Gasteiger partial charge in [0.15, 0.2) is 0 Å². The Balaban J connectivity index is 1.88. The van der Waals surface area contributed by atoms with Crippen LogP contribution >= 0.6 is 15.9 Å². The molecular weight excluding hydrogens is 354 g/mol. The molecule has 7 heteroatoms. The molecule has 6 nitrogen and oxygen atoms in total. The summed E-state index contributed by atoms with van der Waals surface area (Å²) < 4.78 is 11.1. The molecule has 1 heterocycles. The molecule has 1 fully saturated rings. The van der Waals surface area contributed by atoms with Gasteiger partial charge in [-0.3, -0.25) is 4.79 Å². The van der Waals surface area contributed by atoms with Gasteiger partial charge in [-0.1, -0.05) is 15.9 Å². The van der Waals surface area contributed by atoms with Crippen LogP contribution in [0, 0.1) is 0 Å². The van der Waals surface area contributed by atoms with E-state index >= 15 is 0 Å². The normalized spacial score (nSPS) is 14.7. The van der Waals surface area contributed by atoms with Crippen molar-refractivity contribution in [2.24, 2.45) is 0 Å². The SMILES string of the molecule is COCCCOC1CN(C(=O)c2cc(Br)cc(C(=O)O)c2)C1. The van der Waals surface area contributed by atoms with Crippen molar-refractivity contribution in [3.63, 3.8) is 0 Å². The van der Waals surface area contributed by atoms with Crippen molar-refractivity contribution >= 4 is 27.8 Å². The summed E-state index contributed by atoms with van der Waals surface area (Å²) >= 11 is 3.23. The zero-order valence-corrected chi connectivity index (χ0v) is 13.8. The molecule has 0 atom stereocenters. The minimum Gasteiger partial charge on any atom is -0.478 e. The minimum absolute atomic E-state index is 0.0481. The number of likely N-dealkylation sites (tertiary alicyclic amines) is 1. The van der Waals surface area contributed by atoms with E-state index < -0.39 is 5.97 Å². The molecule has 0 bridgehead atoms. The molecular formula is C15H18BrNO5. The monoisotopic (exact) mass is 371 g/mol. The Morgan fingerprint density at radius 2 is 1.95 bits per heavy atom. The van der Waals surface area contributed by atoms with Gasteiger partial charge >= 0.3 is 5.97 Å². The summed E-state index contributed by atoms with van der Waals surface area (Å²) in [5, 5.41) is 9.03. The number of amides is 1. The van der Waals surface area contributed by atoms with Crippen LogP contribution < -0.4 is 0 Å². The molecule has 0 aromatic heterocycles. The zero-order chi connectivity index (χ0) is 16.1. The smallest absolute Gasteiger partial charge is 0.335 e. The Labute approximate surface area is 137 Å². The molecule has 120 valence electrons. The number of carbonyl (C=O) groups is 2. The van der Waals surface area contributed by atoms with Crippen LogP contribution in [0.3, 0.4) is 0 Å². The molecule has 1 saturated heterocycles. The summed E-state index contributed by atoms with van der Waals surface area (Å²) in [5.74, 6) is -1.24. The largest absolute Gasteiger partial charge is 0.478 e. The first-order valence-corrected chi connectivity index (χ1v) is 7.74. The fourth-order valence-corrected chi connectivity index (χ4v) is 2.68. The molecule has 2 rings (SSSR count). The highest BCUT2D eigenvalue weighted by Gasteiger charge is 2.32. The van der Waals surface area contributed by atoms with Crippen molar-refractivity contribution in [3.05, 3.63) is 33.8 Å². The van der Waals surface area contributed by atoms with Gasteiger partial charge in [-0.15, -0.1) is 0 Å². The Kier molecular flexibility index (Phi) is 5.93. The van der Waals surface area contributed by atoms with Gasteiger partial charge in [0.25, 0.3) is 5.91 Å². The lowest BCUT2D eigenvalue weighted by atomic mass is 10.1. The molecule has 0 saturated carbocycles. The van der Waals surface area contributed by atoms with Crippen LogP contribution in [0.5, 0.6) is 0 Å². The van der Waals surface area contributed by atoms with E-state index in [4.69, 9.17) is 14.6 Å². The van der Waals surface area contributed by atoms with Crippen molar-refractivity contribution in [1.82, 2.24) is 4.90 Å². The Bertz CT molecular complexity index is 557. The van der Waals surface area contributed by atoms with Gasteiger partial charge < -0.3 is 19.5 Å². The van der Waals surface area contributed by atoms with Crippen LogP contribution in [0.2, 0.25) is 0 Å². The first kappa shape index (κ1) is 16.9. The van der Waals surface area contributed by atoms with Crippen molar-refractivity contribution in [2.75, 3.05) is 33.4 Å². The number of ether oxygens (including phenoxy) is 2. The first-order valence-electron chi connectivity index (χ1n) is 6.95. The van der Waals surface area contributed by atoms with Gasteiger partial charge in [0.05, 0.1) is 11.7 Å². The van der Waals surface area contributed by atoms with E-state index in [-0.39, 0.29) is 17.6 Å². The lowest BCUT2D eigenvalue weighted by Crippen LogP contribution is -2.54. The summed E-state index contributed by atoms with van der Waals surface area (Å²) in [7, 11) is 1.65. The maximum Gasteiger partial charge on any atom is 0.335 e. The first-order chi connectivity index (χ1) is 10.5. The number of benzene rings is 1. The Hall–Kier alpha value is -1.44. The Morgan fingerprint density at radius 3 is 2.59 bits per heavy atom. The average molecular weight is 372 g/mol. The number of rotatable bonds is 7. The Morgan fingerprint density at radius 1 is 1.27 bits per heavy atom. The van der Waals surface area contributed by atoms with Crippen molar-refractivity contribution in [1.29, 1.82) is 0 Å². The van der Waals surface area contributed by atoms with Gasteiger partial charge in [-0.25, -0.2) is 4.79 Å². The summed E-state index contributed by atoms with van der Waals surface area (Å²) in [5.41, 5.74) is 0.454. The molecule has 1 aliphatic rings. The van der Waals surface area contributed by atoms with Crippen LogP contribution in [0.15, 0.2) is 22.7 Å². The van der Waals surface area contributed by atoms with E-state index in [1.807, 2.05) is 0 Å². The summed E-state index contributed by atoms with van der Waals surface area (Å²) in [4.78, 5) is 25.0. The predicted molar refractivity (Wildman–Crippen MR) is 83.2 cm³/mol. The standard InChI is InChI=1S/C15H18BrNO5/c1-21-3-2-4-22-13-8-17(9-13)14(18)10-5-11(15(19)20)7-12(16)6-10/h5-7,13H,2-4,8-9H2,1H3,(H,19,20).